The fourth-order valence-corrected chi connectivity index (χ4v) is 6.81. The van der Waals surface area contributed by atoms with Crippen LogP contribution < -0.4 is 4.89 Å². The van der Waals surface area contributed by atoms with Gasteiger partial charge in [0.2, 0.25) is 0 Å². The van der Waals surface area contributed by atoms with Gasteiger partial charge in [0, 0.05) is 13.0 Å². The first kappa shape index (κ1) is 49.5. The highest BCUT2D eigenvalue weighted by Gasteiger charge is 2.20. The molecule has 0 aliphatic rings. The van der Waals surface area contributed by atoms with E-state index in [1.54, 1.807) is 0 Å². The molecule has 0 saturated carbocycles. The molecular formula is C41H84NO7P. The van der Waals surface area contributed by atoms with Gasteiger partial charge in [-0.1, -0.05) is 181 Å². The number of carbonyl (C=O) groups excluding carboxylic acids is 1. The Labute approximate surface area is 310 Å². The summed E-state index contributed by atoms with van der Waals surface area (Å²) < 4.78 is 34.5. The van der Waals surface area contributed by atoms with Crippen molar-refractivity contribution < 1.29 is 37.3 Å². The van der Waals surface area contributed by atoms with E-state index in [-0.39, 0.29) is 25.8 Å². The van der Waals surface area contributed by atoms with Gasteiger partial charge in [0.05, 0.1) is 34.4 Å². The maximum absolute atomic E-state index is 12.6. The number of unbranched alkanes of at least 4 members (excludes halogenated alkanes) is 26. The summed E-state index contributed by atoms with van der Waals surface area (Å²) in [4.78, 5) is 25.0. The smallest absolute Gasteiger partial charge is 0.306 e. The second-order valence-corrected chi connectivity index (χ2v) is 17.1. The SMILES string of the molecule is CCCCCCCCCCCCCCCCCCCCC(=O)OC(COCCCCCCCCCCCC)COP(=O)([O-])OCC[N+](C)(C)C. The summed E-state index contributed by atoms with van der Waals surface area (Å²) in [6, 6.07) is 0. The van der Waals surface area contributed by atoms with Crippen molar-refractivity contribution in [3.8, 4) is 0 Å². The molecule has 0 bridgehead atoms. The minimum absolute atomic E-state index is 0.0311. The molecule has 0 amide bonds. The second-order valence-electron chi connectivity index (χ2n) is 15.7. The third-order valence-electron chi connectivity index (χ3n) is 9.41. The lowest BCUT2D eigenvalue weighted by atomic mass is 10.0. The molecule has 2 unspecified atom stereocenters. The molecule has 50 heavy (non-hydrogen) atoms. The number of rotatable bonds is 40. The first-order valence-electron chi connectivity index (χ1n) is 21.3. The molecule has 0 aromatic rings. The van der Waals surface area contributed by atoms with Crippen molar-refractivity contribution in [1.82, 2.24) is 0 Å². The van der Waals surface area contributed by atoms with E-state index in [1.807, 2.05) is 21.1 Å². The van der Waals surface area contributed by atoms with Gasteiger partial charge in [-0.3, -0.25) is 9.36 Å². The zero-order valence-corrected chi connectivity index (χ0v) is 34.8. The molecule has 0 rings (SSSR count). The van der Waals surface area contributed by atoms with Crippen molar-refractivity contribution in [2.24, 2.45) is 0 Å². The second kappa shape index (κ2) is 35.5. The Morgan fingerprint density at radius 2 is 0.920 bits per heavy atom. The molecule has 0 aliphatic carbocycles. The van der Waals surface area contributed by atoms with E-state index in [0.717, 1.165) is 32.1 Å². The van der Waals surface area contributed by atoms with Gasteiger partial charge in [0.15, 0.2) is 0 Å². The van der Waals surface area contributed by atoms with Crippen LogP contribution in [0.5, 0.6) is 0 Å². The molecule has 0 heterocycles. The van der Waals surface area contributed by atoms with Crippen LogP contribution in [0.3, 0.4) is 0 Å². The maximum Gasteiger partial charge on any atom is 0.306 e. The van der Waals surface area contributed by atoms with Crippen LogP contribution in [0.1, 0.15) is 200 Å². The summed E-state index contributed by atoms with van der Waals surface area (Å²) in [7, 11) is 1.37. The number of esters is 1. The van der Waals surface area contributed by atoms with Gasteiger partial charge in [-0.25, -0.2) is 0 Å². The topological polar surface area (TPSA) is 94.1 Å². The molecule has 8 nitrogen and oxygen atoms in total. The molecule has 0 aromatic heterocycles. The van der Waals surface area contributed by atoms with Crippen LogP contribution in [-0.4, -0.2) is 70.7 Å². The number of ether oxygens (including phenoxy) is 2. The number of phosphoric acid groups is 1. The van der Waals surface area contributed by atoms with E-state index in [9.17, 15) is 14.3 Å². The van der Waals surface area contributed by atoms with Crippen LogP contribution >= 0.6 is 7.82 Å². The number of quaternary nitrogens is 1. The van der Waals surface area contributed by atoms with Crippen molar-refractivity contribution in [3.63, 3.8) is 0 Å². The normalized spacial score (nSPS) is 13.8. The average Bonchev–Trinajstić information content (AvgIpc) is 3.06. The van der Waals surface area contributed by atoms with Crippen LogP contribution in [0.15, 0.2) is 0 Å². The van der Waals surface area contributed by atoms with Crippen LogP contribution in [0.25, 0.3) is 0 Å². The molecule has 0 radical (unpaired) electrons. The Balaban J connectivity index is 4.15. The van der Waals surface area contributed by atoms with Crippen LogP contribution in [0.4, 0.5) is 0 Å². The summed E-state index contributed by atoms with van der Waals surface area (Å²) in [5.41, 5.74) is 0. The third-order valence-corrected chi connectivity index (χ3v) is 10.4. The van der Waals surface area contributed by atoms with Gasteiger partial charge in [0.1, 0.15) is 19.3 Å². The van der Waals surface area contributed by atoms with Crippen molar-refractivity contribution >= 4 is 13.8 Å². The minimum atomic E-state index is -4.51. The van der Waals surface area contributed by atoms with Crippen molar-refractivity contribution in [1.29, 1.82) is 0 Å². The quantitative estimate of drug-likeness (QED) is 0.0268. The lowest BCUT2D eigenvalue weighted by molar-refractivity contribution is -0.870. The van der Waals surface area contributed by atoms with E-state index in [0.29, 0.717) is 24.1 Å². The summed E-state index contributed by atoms with van der Waals surface area (Å²) in [6.07, 6.45) is 35.4. The first-order chi connectivity index (χ1) is 24.1. The van der Waals surface area contributed by atoms with Gasteiger partial charge < -0.3 is 27.9 Å². The highest BCUT2D eigenvalue weighted by atomic mass is 31.2. The Morgan fingerprint density at radius 3 is 1.32 bits per heavy atom. The number of hydrogen-bond donors (Lipinski definition) is 0. The number of hydrogen-bond acceptors (Lipinski definition) is 7. The molecule has 0 N–H and O–H groups in total. The standard InChI is InChI=1S/C41H84NO7P/c1-6-8-10-12-14-16-18-19-20-21-22-23-24-25-26-28-30-32-34-41(43)49-40(39-48-50(44,45)47-37-35-42(3,4)5)38-46-36-33-31-29-27-17-15-13-11-9-7-2/h40H,6-39H2,1-5H3. The first-order valence-corrected chi connectivity index (χ1v) is 22.7. The molecule has 0 aromatic carbocycles. The molecule has 2 atom stereocenters. The highest BCUT2D eigenvalue weighted by molar-refractivity contribution is 7.45. The molecule has 0 spiro atoms. The zero-order chi connectivity index (χ0) is 37.0. The van der Waals surface area contributed by atoms with Crippen molar-refractivity contribution in [2.45, 2.75) is 206 Å². The van der Waals surface area contributed by atoms with Gasteiger partial charge in [0.25, 0.3) is 7.82 Å². The van der Waals surface area contributed by atoms with Gasteiger partial charge >= 0.3 is 5.97 Å². The maximum atomic E-state index is 12.6. The summed E-state index contributed by atoms with van der Waals surface area (Å²) >= 11 is 0. The fraction of sp³-hybridized carbons (Fsp3) is 0.976. The summed E-state index contributed by atoms with van der Waals surface area (Å²) in [5, 5.41) is 0. The largest absolute Gasteiger partial charge is 0.756 e. The van der Waals surface area contributed by atoms with Crippen molar-refractivity contribution in [2.75, 3.05) is 54.1 Å². The molecular weight excluding hydrogens is 649 g/mol. The highest BCUT2D eigenvalue weighted by Crippen LogP contribution is 2.38. The van der Waals surface area contributed by atoms with Gasteiger partial charge in [-0.05, 0) is 12.8 Å². The Hall–Kier alpha value is -0.500. The number of phosphoric ester groups is 1. The minimum Gasteiger partial charge on any atom is -0.756 e. The fourth-order valence-electron chi connectivity index (χ4n) is 6.08. The zero-order valence-electron chi connectivity index (χ0n) is 33.9. The third kappa shape index (κ3) is 38.7. The monoisotopic (exact) mass is 734 g/mol. The predicted molar refractivity (Wildman–Crippen MR) is 208 cm³/mol. The Kier molecular flexibility index (Phi) is 35.2. The number of carbonyl (C=O) groups is 1. The van der Waals surface area contributed by atoms with E-state index >= 15 is 0 Å². The van der Waals surface area contributed by atoms with E-state index < -0.39 is 13.9 Å². The van der Waals surface area contributed by atoms with E-state index in [2.05, 4.69) is 13.8 Å². The van der Waals surface area contributed by atoms with Gasteiger partial charge in [-0.2, -0.15) is 0 Å². The van der Waals surface area contributed by atoms with E-state index in [4.69, 9.17) is 18.5 Å². The summed E-state index contributed by atoms with van der Waals surface area (Å²) in [6.45, 7) is 5.45. The lowest BCUT2D eigenvalue weighted by Crippen LogP contribution is -2.37. The Bertz CT molecular complexity index is 777. The Morgan fingerprint density at radius 1 is 0.540 bits per heavy atom. The predicted octanol–water partition coefficient (Wildman–Crippen LogP) is 11.5. The molecule has 0 aliphatic heterocycles. The molecule has 9 heteroatoms. The molecule has 300 valence electrons. The van der Waals surface area contributed by atoms with Crippen LogP contribution in [0.2, 0.25) is 0 Å². The average molecular weight is 734 g/mol. The summed E-state index contributed by atoms with van der Waals surface area (Å²) in [5.74, 6) is -0.329. The van der Waals surface area contributed by atoms with E-state index in [1.165, 1.54) is 148 Å². The van der Waals surface area contributed by atoms with Crippen LogP contribution in [0, 0.1) is 0 Å². The van der Waals surface area contributed by atoms with Gasteiger partial charge in [-0.15, -0.1) is 0 Å². The number of likely N-dealkylation sites (N-methyl/N-ethyl adjacent to an activating group) is 1. The van der Waals surface area contributed by atoms with Crippen LogP contribution in [-0.2, 0) is 27.9 Å². The number of nitrogens with zero attached hydrogens (tertiary/aromatic N) is 1. The molecule has 0 fully saturated rings. The lowest BCUT2D eigenvalue weighted by Gasteiger charge is -2.28. The molecule has 0 saturated heterocycles. The van der Waals surface area contributed by atoms with Crippen molar-refractivity contribution in [3.05, 3.63) is 0 Å².